The Morgan fingerprint density at radius 3 is 2.21 bits per heavy atom. The lowest BCUT2D eigenvalue weighted by Gasteiger charge is -2.32. The van der Waals surface area contributed by atoms with E-state index in [2.05, 4.69) is 43.4 Å². The average Bonchev–Trinajstić information content (AvgIpc) is 2.74. The molecule has 1 saturated carbocycles. The summed E-state index contributed by atoms with van der Waals surface area (Å²) < 4.78 is 0. The van der Waals surface area contributed by atoms with Gasteiger partial charge in [-0.2, -0.15) is 0 Å². The van der Waals surface area contributed by atoms with E-state index in [1.807, 2.05) is 4.90 Å². The Hall–Kier alpha value is -1.88. The molecule has 3 rings (SSSR count). The first kappa shape index (κ1) is 21.8. The van der Waals surface area contributed by atoms with E-state index in [-0.39, 0.29) is 23.8 Å². The van der Waals surface area contributed by atoms with Gasteiger partial charge in [-0.1, -0.05) is 57.4 Å². The number of nitrogens with one attached hydrogen (secondary N) is 1. The van der Waals surface area contributed by atoms with Crippen LogP contribution >= 0.6 is 0 Å². The molecule has 5 nitrogen and oxygen atoms in total. The summed E-state index contributed by atoms with van der Waals surface area (Å²) in [4.78, 5) is 25.8. The van der Waals surface area contributed by atoms with Gasteiger partial charge in [0.2, 0.25) is 11.8 Å². The molecule has 1 aromatic rings. The van der Waals surface area contributed by atoms with Crippen LogP contribution in [0.4, 0.5) is 0 Å². The van der Waals surface area contributed by atoms with Crippen LogP contribution in [0.25, 0.3) is 0 Å². The predicted octanol–water partition coefficient (Wildman–Crippen LogP) is 3.74. The van der Waals surface area contributed by atoms with Crippen molar-refractivity contribution in [2.45, 2.75) is 70.8 Å². The minimum Gasteiger partial charge on any atom is -0.369 e. The van der Waals surface area contributed by atoms with Gasteiger partial charge in [0, 0.05) is 25.0 Å². The topological polar surface area (TPSA) is 75.4 Å². The van der Waals surface area contributed by atoms with E-state index in [9.17, 15) is 9.59 Å². The molecule has 0 bridgehead atoms. The molecular weight excluding hydrogens is 362 g/mol. The van der Waals surface area contributed by atoms with E-state index >= 15 is 0 Å². The second-order valence-corrected chi connectivity index (χ2v) is 9.16. The number of carbonyl (C=O) groups excluding carboxylic acids is 2. The van der Waals surface area contributed by atoms with Crippen molar-refractivity contribution >= 4 is 11.8 Å². The number of hydrogen-bond acceptors (Lipinski definition) is 3. The van der Waals surface area contributed by atoms with Gasteiger partial charge in [-0.25, -0.2) is 0 Å². The fourth-order valence-electron chi connectivity index (χ4n) is 4.87. The standard InChI is InChI=1S/C24H37N3O2/c1-17(2)23(20-10-8-19(9-11-20)18-6-4-3-5-7-18)26-16-22(28)27-14-12-21(13-15-27)24(25)29/h8-11,17-18,21,23,26H,3-7,12-16H2,1-2H3,(H2,25,29). The number of nitrogens with zero attached hydrogens (tertiary/aromatic N) is 1. The molecule has 0 aromatic heterocycles. The first-order valence-corrected chi connectivity index (χ1v) is 11.4. The van der Waals surface area contributed by atoms with Gasteiger partial charge in [0.15, 0.2) is 0 Å². The number of likely N-dealkylation sites (tertiary alicyclic amines) is 1. The van der Waals surface area contributed by atoms with E-state index in [0.29, 0.717) is 44.3 Å². The summed E-state index contributed by atoms with van der Waals surface area (Å²) in [7, 11) is 0. The molecule has 0 spiro atoms. The lowest BCUT2D eigenvalue weighted by atomic mass is 9.83. The SMILES string of the molecule is CC(C)C(NCC(=O)N1CCC(C(N)=O)CC1)c1ccc(C2CCCCC2)cc1. The van der Waals surface area contributed by atoms with Gasteiger partial charge in [0.25, 0.3) is 0 Å². The van der Waals surface area contributed by atoms with E-state index < -0.39 is 0 Å². The highest BCUT2D eigenvalue weighted by atomic mass is 16.2. The normalized spacial score (nSPS) is 20.0. The molecule has 29 heavy (non-hydrogen) atoms. The summed E-state index contributed by atoms with van der Waals surface area (Å²) in [5.74, 6) is 0.888. The largest absolute Gasteiger partial charge is 0.369 e. The molecule has 2 amide bonds. The maximum absolute atomic E-state index is 12.6. The summed E-state index contributed by atoms with van der Waals surface area (Å²) >= 11 is 0. The van der Waals surface area contributed by atoms with Crippen LogP contribution in [0.5, 0.6) is 0 Å². The van der Waals surface area contributed by atoms with Crippen LogP contribution in [0.2, 0.25) is 0 Å². The third-order valence-corrected chi connectivity index (χ3v) is 6.76. The van der Waals surface area contributed by atoms with Crippen LogP contribution in [0, 0.1) is 11.8 Å². The van der Waals surface area contributed by atoms with Crippen molar-refractivity contribution in [3.63, 3.8) is 0 Å². The number of primary amides is 1. The highest BCUT2D eigenvalue weighted by molar-refractivity contribution is 5.80. The second-order valence-electron chi connectivity index (χ2n) is 9.16. The minimum atomic E-state index is -0.244. The van der Waals surface area contributed by atoms with E-state index in [1.54, 1.807) is 0 Å². The fraction of sp³-hybridized carbons (Fsp3) is 0.667. The van der Waals surface area contributed by atoms with Crippen LogP contribution in [0.1, 0.15) is 81.9 Å². The molecule has 1 aromatic carbocycles. The van der Waals surface area contributed by atoms with Crippen LogP contribution < -0.4 is 11.1 Å². The van der Waals surface area contributed by atoms with Crippen molar-refractivity contribution in [1.82, 2.24) is 10.2 Å². The summed E-state index contributed by atoms with van der Waals surface area (Å²) in [5, 5.41) is 3.48. The zero-order chi connectivity index (χ0) is 20.8. The lowest BCUT2D eigenvalue weighted by Crippen LogP contribution is -2.45. The Balaban J connectivity index is 1.54. The van der Waals surface area contributed by atoms with Gasteiger partial charge in [-0.05, 0) is 48.6 Å². The third kappa shape index (κ3) is 5.81. The quantitative estimate of drug-likeness (QED) is 0.733. The maximum Gasteiger partial charge on any atom is 0.236 e. The molecule has 1 unspecified atom stereocenters. The molecule has 1 aliphatic carbocycles. The molecule has 0 radical (unpaired) electrons. The molecule has 2 aliphatic rings. The van der Waals surface area contributed by atoms with E-state index in [1.165, 1.54) is 43.2 Å². The van der Waals surface area contributed by atoms with E-state index in [4.69, 9.17) is 5.73 Å². The van der Waals surface area contributed by atoms with Gasteiger partial charge < -0.3 is 16.0 Å². The maximum atomic E-state index is 12.6. The zero-order valence-corrected chi connectivity index (χ0v) is 18.0. The molecule has 1 saturated heterocycles. The lowest BCUT2D eigenvalue weighted by molar-refractivity contribution is -0.134. The van der Waals surface area contributed by atoms with Crippen molar-refractivity contribution in [3.8, 4) is 0 Å². The molecule has 3 N–H and O–H groups in total. The van der Waals surface area contributed by atoms with Gasteiger partial charge in [-0.15, -0.1) is 0 Å². The fourth-order valence-corrected chi connectivity index (χ4v) is 4.87. The predicted molar refractivity (Wildman–Crippen MR) is 116 cm³/mol. The number of hydrogen-bond donors (Lipinski definition) is 2. The molecule has 1 aliphatic heterocycles. The smallest absolute Gasteiger partial charge is 0.236 e. The first-order valence-electron chi connectivity index (χ1n) is 11.4. The highest BCUT2D eigenvalue weighted by Gasteiger charge is 2.26. The Morgan fingerprint density at radius 2 is 1.66 bits per heavy atom. The summed E-state index contributed by atoms with van der Waals surface area (Å²) in [6, 6.07) is 9.22. The van der Waals surface area contributed by atoms with Crippen LogP contribution in [0.15, 0.2) is 24.3 Å². The number of carbonyl (C=O) groups is 2. The number of amides is 2. The van der Waals surface area contributed by atoms with Crippen LogP contribution in [-0.2, 0) is 9.59 Å². The highest BCUT2D eigenvalue weighted by Crippen LogP contribution is 2.33. The molecule has 1 atom stereocenters. The first-order chi connectivity index (χ1) is 14.0. The molecule has 5 heteroatoms. The van der Waals surface area contributed by atoms with Crippen LogP contribution in [0.3, 0.4) is 0 Å². The van der Waals surface area contributed by atoms with Gasteiger partial charge in [0.05, 0.1) is 6.54 Å². The summed E-state index contributed by atoms with van der Waals surface area (Å²) in [5.41, 5.74) is 8.10. The van der Waals surface area contributed by atoms with Crippen molar-refractivity contribution in [1.29, 1.82) is 0 Å². The third-order valence-electron chi connectivity index (χ3n) is 6.76. The Labute approximate surface area is 175 Å². The van der Waals surface area contributed by atoms with Crippen LogP contribution in [-0.4, -0.2) is 36.3 Å². The van der Waals surface area contributed by atoms with Gasteiger partial charge in [-0.3, -0.25) is 9.59 Å². The second kappa shape index (κ2) is 10.2. The summed E-state index contributed by atoms with van der Waals surface area (Å²) in [6.45, 7) is 5.95. The van der Waals surface area contributed by atoms with Crippen molar-refractivity contribution in [2.24, 2.45) is 17.6 Å². The van der Waals surface area contributed by atoms with Gasteiger partial charge in [0.1, 0.15) is 0 Å². The van der Waals surface area contributed by atoms with Gasteiger partial charge >= 0.3 is 0 Å². The van der Waals surface area contributed by atoms with Crippen molar-refractivity contribution in [2.75, 3.05) is 19.6 Å². The average molecular weight is 400 g/mol. The molecule has 1 heterocycles. The van der Waals surface area contributed by atoms with Crippen molar-refractivity contribution < 1.29 is 9.59 Å². The monoisotopic (exact) mass is 399 g/mol. The molecular formula is C24H37N3O2. The zero-order valence-electron chi connectivity index (χ0n) is 18.0. The molecule has 160 valence electrons. The minimum absolute atomic E-state index is 0.0851. The number of benzene rings is 1. The Bertz CT molecular complexity index is 672. The number of nitrogens with two attached hydrogens (primary N) is 1. The number of piperidine rings is 1. The Kier molecular flexibility index (Phi) is 7.70. The Morgan fingerprint density at radius 1 is 1.03 bits per heavy atom. The number of rotatable bonds is 7. The summed E-state index contributed by atoms with van der Waals surface area (Å²) in [6.07, 6.45) is 8.05. The molecule has 2 fully saturated rings. The van der Waals surface area contributed by atoms with Crippen molar-refractivity contribution in [3.05, 3.63) is 35.4 Å². The van der Waals surface area contributed by atoms with E-state index in [0.717, 1.165) is 0 Å².